The summed E-state index contributed by atoms with van der Waals surface area (Å²) in [5.41, 5.74) is 0. The van der Waals surface area contributed by atoms with Crippen molar-refractivity contribution in [3.05, 3.63) is 0 Å². The second-order valence-corrected chi connectivity index (χ2v) is 9.34. The number of hydrogen-bond donors (Lipinski definition) is 1. The first-order chi connectivity index (χ1) is 12.7. The molecule has 5 nitrogen and oxygen atoms in total. The molecule has 0 radical (unpaired) electrons. The molecular weight excluding hydrogens is 346 g/mol. The maximum atomic E-state index is 6.21. The second kappa shape index (κ2) is 10.2. The van der Waals surface area contributed by atoms with Crippen LogP contribution >= 0.6 is 11.8 Å². The normalized spacial score (nSPS) is 25.6. The smallest absolute Gasteiger partial charge is 0.193 e. The van der Waals surface area contributed by atoms with Crippen LogP contribution in [0.2, 0.25) is 0 Å². The molecule has 0 amide bonds. The number of piperidine rings is 1. The van der Waals surface area contributed by atoms with E-state index in [2.05, 4.69) is 21.5 Å². The molecule has 0 atom stereocenters. The summed E-state index contributed by atoms with van der Waals surface area (Å²) >= 11 is 1.98. The molecule has 0 aromatic heterocycles. The lowest BCUT2D eigenvalue weighted by atomic mass is 9.99. The van der Waals surface area contributed by atoms with Crippen molar-refractivity contribution in [1.82, 2.24) is 10.2 Å². The van der Waals surface area contributed by atoms with E-state index in [0.29, 0.717) is 6.10 Å². The number of guanidine groups is 1. The van der Waals surface area contributed by atoms with E-state index in [4.69, 9.17) is 9.47 Å². The predicted octanol–water partition coefficient (Wildman–Crippen LogP) is 3.15. The molecule has 3 aliphatic rings. The minimum absolute atomic E-state index is 0.289. The van der Waals surface area contributed by atoms with E-state index in [1.165, 1.54) is 25.7 Å². The van der Waals surface area contributed by atoms with Crippen LogP contribution in [0.5, 0.6) is 0 Å². The zero-order valence-corrected chi connectivity index (χ0v) is 17.5. The minimum atomic E-state index is 0.289. The van der Waals surface area contributed by atoms with Crippen molar-refractivity contribution in [2.45, 2.75) is 62.2 Å². The number of aliphatic imine (C=N–C) groups is 1. The molecule has 0 unspecified atom stereocenters. The summed E-state index contributed by atoms with van der Waals surface area (Å²) in [5.74, 6) is 1.88. The molecule has 26 heavy (non-hydrogen) atoms. The fraction of sp³-hybridized carbons (Fsp3) is 0.950. The standard InChI is InChI=1S/C20H37N3O2S/c1-21-19(22-16-20(26-2)9-13-24-14-10-20)23-11-7-18(8-12-23)25-15-17-5-3-4-6-17/h17-18H,3-16H2,1-2H3,(H,21,22). The lowest BCUT2D eigenvalue weighted by Crippen LogP contribution is -2.51. The van der Waals surface area contributed by atoms with Gasteiger partial charge < -0.3 is 19.7 Å². The summed E-state index contributed by atoms with van der Waals surface area (Å²) in [6.07, 6.45) is 12.7. The Bertz CT molecular complexity index is 440. The number of likely N-dealkylation sites (tertiary alicyclic amines) is 1. The van der Waals surface area contributed by atoms with Crippen molar-refractivity contribution < 1.29 is 9.47 Å². The molecule has 1 N–H and O–H groups in total. The molecule has 0 bridgehead atoms. The Morgan fingerprint density at radius 3 is 2.50 bits per heavy atom. The molecule has 3 rings (SSSR count). The summed E-state index contributed by atoms with van der Waals surface area (Å²) in [6.45, 7) is 5.81. The van der Waals surface area contributed by atoms with Crippen LogP contribution < -0.4 is 5.32 Å². The third-order valence-corrected chi connectivity index (χ3v) is 7.82. The largest absolute Gasteiger partial charge is 0.381 e. The van der Waals surface area contributed by atoms with Crippen LogP contribution in [0, 0.1) is 5.92 Å². The third-order valence-electron chi connectivity index (χ3n) is 6.40. The molecule has 150 valence electrons. The average Bonchev–Trinajstić information content (AvgIpc) is 3.22. The van der Waals surface area contributed by atoms with Crippen LogP contribution in [0.3, 0.4) is 0 Å². The van der Waals surface area contributed by atoms with E-state index >= 15 is 0 Å². The van der Waals surface area contributed by atoms with Crippen molar-refractivity contribution in [2.24, 2.45) is 10.9 Å². The van der Waals surface area contributed by atoms with Gasteiger partial charge in [-0.25, -0.2) is 0 Å². The van der Waals surface area contributed by atoms with Gasteiger partial charge in [0, 0.05) is 51.2 Å². The topological polar surface area (TPSA) is 46.1 Å². The summed E-state index contributed by atoms with van der Waals surface area (Å²) in [7, 11) is 1.90. The maximum Gasteiger partial charge on any atom is 0.193 e. The fourth-order valence-corrected chi connectivity index (χ4v) is 5.24. The molecule has 0 aromatic carbocycles. The summed E-state index contributed by atoms with van der Waals surface area (Å²) in [5, 5.41) is 3.65. The molecule has 6 heteroatoms. The van der Waals surface area contributed by atoms with Gasteiger partial charge in [0.15, 0.2) is 5.96 Å². The van der Waals surface area contributed by atoms with E-state index in [9.17, 15) is 0 Å². The Kier molecular flexibility index (Phi) is 7.94. The minimum Gasteiger partial charge on any atom is -0.381 e. The van der Waals surface area contributed by atoms with Gasteiger partial charge in [0.25, 0.3) is 0 Å². The molecule has 0 aromatic rings. The Labute approximate surface area is 163 Å². The number of rotatable bonds is 6. The Morgan fingerprint density at radius 1 is 1.19 bits per heavy atom. The molecule has 1 saturated carbocycles. The van der Waals surface area contributed by atoms with Gasteiger partial charge >= 0.3 is 0 Å². The van der Waals surface area contributed by atoms with Crippen molar-refractivity contribution in [3.63, 3.8) is 0 Å². The molecule has 2 heterocycles. The first-order valence-electron chi connectivity index (χ1n) is 10.4. The fourth-order valence-electron chi connectivity index (χ4n) is 4.45. The van der Waals surface area contributed by atoms with Gasteiger partial charge in [-0.3, -0.25) is 4.99 Å². The number of hydrogen-bond acceptors (Lipinski definition) is 4. The number of ether oxygens (including phenoxy) is 2. The highest BCUT2D eigenvalue weighted by molar-refractivity contribution is 8.00. The van der Waals surface area contributed by atoms with E-state index in [-0.39, 0.29) is 4.75 Å². The van der Waals surface area contributed by atoms with Crippen LogP contribution in [0.25, 0.3) is 0 Å². The van der Waals surface area contributed by atoms with Crippen molar-refractivity contribution in [3.8, 4) is 0 Å². The lowest BCUT2D eigenvalue weighted by molar-refractivity contribution is 0.000955. The molecule has 2 saturated heterocycles. The summed E-state index contributed by atoms with van der Waals surface area (Å²) in [6, 6.07) is 0. The number of nitrogens with zero attached hydrogens (tertiary/aromatic N) is 2. The number of thioether (sulfide) groups is 1. The zero-order chi connectivity index (χ0) is 18.2. The molecule has 3 fully saturated rings. The average molecular weight is 384 g/mol. The van der Waals surface area contributed by atoms with E-state index in [1.54, 1.807) is 0 Å². The number of nitrogens with one attached hydrogen (secondary N) is 1. The Morgan fingerprint density at radius 2 is 1.88 bits per heavy atom. The van der Waals surface area contributed by atoms with Crippen LogP contribution in [0.15, 0.2) is 4.99 Å². The van der Waals surface area contributed by atoms with Gasteiger partial charge in [-0.05, 0) is 50.7 Å². The van der Waals surface area contributed by atoms with E-state index in [0.717, 1.165) is 77.0 Å². The first-order valence-corrected chi connectivity index (χ1v) is 11.7. The van der Waals surface area contributed by atoms with Crippen molar-refractivity contribution >= 4 is 17.7 Å². The summed E-state index contributed by atoms with van der Waals surface area (Å²) in [4.78, 5) is 6.95. The van der Waals surface area contributed by atoms with Crippen molar-refractivity contribution in [1.29, 1.82) is 0 Å². The van der Waals surface area contributed by atoms with Gasteiger partial charge in [-0.15, -0.1) is 0 Å². The van der Waals surface area contributed by atoms with Crippen molar-refractivity contribution in [2.75, 3.05) is 52.8 Å². The lowest BCUT2D eigenvalue weighted by Gasteiger charge is -2.39. The van der Waals surface area contributed by atoms with Gasteiger partial charge in [0.1, 0.15) is 0 Å². The Balaban J connectivity index is 1.40. The second-order valence-electron chi connectivity index (χ2n) is 8.07. The van der Waals surface area contributed by atoms with Crippen LogP contribution in [0.1, 0.15) is 51.4 Å². The van der Waals surface area contributed by atoms with Gasteiger partial charge in [-0.1, -0.05) is 12.8 Å². The highest BCUT2D eigenvalue weighted by Crippen LogP contribution is 2.33. The van der Waals surface area contributed by atoms with E-state index < -0.39 is 0 Å². The SMILES string of the molecule is CN=C(NCC1(SC)CCOCC1)N1CCC(OCC2CCCC2)CC1. The maximum absolute atomic E-state index is 6.21. The van der Waals surface area contributed by atoms with Crippen LogP contribution in [-0.4, -0.2) is 74.5 Å². The monoisotopic (exact) mass is 383 g/mol. The van der Waals surface area contributed by atoms with Gasteiger partial charge in [0.2, 0.25) is 0 Å². The third kappa shape index (κ3) is 5.52. The van der Waals surface area contributed by atoms with Crippen LogP contribution in [0.4, 0.5) is 0 Å². The van der Waals surface area contributed by atoms with Crippen LogP contribution in [-0.2, 0) is 9.47 Å². The molecule has 2 aliphatic heterocycles. The predicted molar refractivity (Wildman–Crippen MR) is 110 cm³/mol. The quantitative estimate of drug-likeness (QED) is 0.564. The van der Waals surface area contributed by atoms with E-state index in [1.807, 2.05) is 18.8 Å². The Hall–Kier alpha value is -0.460. The molecule has 0 spiro atoms. The summed E-state index contributed by atoms with van der Waals surface area (Å²) < 4.78 is 12.1. The highest BCUT2D eigenvalue weighted by Gasteiger charge is 2.32. The van der Waals surface area contributed by atoms with Gasteiger partial charge in [0.05, 0.1) is 6.10 Å². The zero-order valence-electron chi connectivity index (χ0n) is 16.7. The van der Waals surface area contributed by atoms with Gasteiger partial charge in [-0.2, -0.15) is 11.8 Å². The highest BCUT2D eigenvalue weighted by atomic mass is 32.2. The molecule has 1 aliphatic carbocycles. The first kappa shape index (κ1) is 20.3. The molecular formula is C20H37N3O2S.